The van der Waals surface area contributed by atoms with Crippen molar-refractivity contribution in [1.82, 2.24) is 15.6 Å². The number of para-hydroxylation sites is 1. The van der Waals surface area contributed by atoms with Crippen LogP contribution in [0.2, 0.25) is 0 Å². The standard InChI is InChI=1S/C14H17N5O2S2/c1-2-7-21-11-6-4-3-5-10(11)8-16-17-12(20)9-22-14-19-18-13(15)23-14/h3-6,8H,2,7,9H2,1H3,(H2,15,18)(H,17,20). The Kier molecular flexibility index (Phi) is 6.82. The Bertz CT molecular complexity index is 675. The van der Waals surface area contributed by atoms with Gasteiger partial charge in [-0.25, -0.2) is 5.43 Å². The van der Waals surface area contributed by atoms with Crippen molar-refractivity contribution < 1.29 is 9.53 Å². The number of carbonyl (C=O) groups is 1. The van der Waals surface area contributed by atoms with Crippen LogP contribution in [-0.2, 0) is 4.79 Å². The molecule has 1 amide bonds. The largest absolute Gasteiger partial charge is 0.493 e. The molecule has 1 heterocycles. The highest BCUT2D eigenvalue weighted by Gasteiger charge is 2.06. The van der Waals surface area contributed by atoms with Gasteiger partial charge in [0.25, 0.3) is 5.91 Å². The first-order valence-electron chi connectivity index (χ1n) is 6.94. The second kappa shape index (κ2) is 9.11. The van der Waals surface area contributed by atoms with Gasteiger partial charge in [0.05, 0.1) is 18.6 Å². The van der Waals surface area contributed by atoms with E-state index in [2.05, 4.69) is 20.7 Å². The Balaban J connectivity index is 1.82. The molecule has 0 atom stereocenters. The summed E-state index contributed by atoms with van der Waals surface area (Å²) in [6.45, 7) is 2.68. The number of amides is 1. The molecule has 0 aliphatic heterocycles. The molecule has 122 valence electrons. The highest BCUT2D eigenvalue weighted by molar-refractivity contribution is 8.01. The van der Waals surface area contributed by atoms with Gasteiger partial charge < -0.3 is 10.5 Å². The van der Waals surface area contributed by atoms with Gasteiger partial charge >= 0.3 is 0 Å². The van der Waals surface area contributed by atoms with Gasteiger partial charge in [-0.05, 0) is 18.6 Å². The van der Waals surface area contributed by atoms with E-state index in [0.29, 0.717) is 16.1 Å². The number of carbonyl (C=O) groups excluding carboxylic acids is 1. The highest BCUT2D eigenvalue weighted by Crippen LogP contribution is 2.23. The van der Waals surface area contributed by atoms with E-state index in [1.54, 1.807) is 6.21 Å². The molecule has 0 radical (unpaired) electrons. The topological polar surface area (TPSA) is 102 Å². The molecule has 23 heavy (non-hydrogen) atoms. The molecular weight excluding hydrogens is 334 g/mol. The summed E-state index contributed by atoms with van der Waals surface area (Å²) in [4.78, 5) is 11.7. The molecule has 1 aromatic carbocycles. The Morgan fingerprint density at radius 2 is 2.30 bits per heavy atom. The number of nitrogens with zero attached hydrogens (tertiary/aromatic N) is 3. The molecule has 0 bridgehead atoms. The van der Waals surface area contributed by atoms with Crippen LogP contribution in [0.1, 0.15) is 18.9 Å². The number of hydrogen-bond donors (Lipinski definition) is 2. The minimum absolute atomic E-state index is 0.194. The second-order valence-electron chi connectivity index (χ2n) is 4.37. The lowest BCUT2D eigenvalue weighted by molar-refractivity contribution is -0.118. The number of nitrogens with one attached hydrogen (secondary N) is 1. The van der Waals surface area contributed by atoms with Crippen molar-refractivity contribution in [3.63, 3.8) is 0 Å². The fourth-order valence-electron chi connectivity index (χ4n) is 1.54. The quantitative estimate of drug-likeness (QED) is 0.429. The van der Waals surface area contributed by atoms with Crippen LogP contribution in [-0.4, -0.2) is 34.7 Å². The summed E-state index contributed by atoms with van der Waals surface area (Å²) < 4.78 is 6.27. The van der Waals surface area contributed by atoms with E-state index in [-0.39, 0.29) is 11.7 Å². The monoisotopic (exact) mass is 351 g/mol. The first-order chi connectivity index (χ1) is 11.2. The lowest BCUT2D eigenvalue weighted by Gasteiger charge is -2.07. The van der Waals surface area contributed by atoms with E-state index in [9.17, 15) is 4.79 Å². The van der Waals surface area contributed by atoms with Gasteiger partial charge in [0.2, 0.25) is 5.13 Å². The fraction of sp³-hybridized carbons (Fsp3) is 0.286. The van der Waals surface area contributed by atoms with Crippen molar-refractivity contribution >= 4 is 40.4 Å². The Labute approximate surface area is 142 Å². The second-order valence-corrected chi connectivity index (χ2v) is 6.61. The van der Waals surface area contributed by atoms with Crippen molar-refractivity contribution in [2.45, 2.75) is 17.7 Å². The van der Waals surface area contributed by atoms with Crippen molar-refractivity contribution in [2.24, 2.45) is 5.10 Å². The Morgan fingerprint density at radius 3 is 3.04 bits per heavy atom. The van der Waals surface area contributed by atoms with Crippen LogP contribution in [0.5, 0.6) is 5.75 Å². The summed E-state index contributed by atoms with van der Waals surface area (Å²) in [5, 5.41) is 11.8. The van der Waals surface area contributed by atoms with Crippen molar-refractivity contribution in [3.05, 3.63) is 29.8 Å². The maximum atomic E-state index is 11.7. The normalized spacial score (nSPS) is 10.8. The molecule has 0 saturated heterocycles. The van der Waals surface area contributed by atoms with Crippen LogP contribution >= 0.6 is 23.1 Å². The third-order valence-electron chi connectivity index (χ3n) is 2.52. The summed E-state index contributed by atoms with van der Waals surface area (Å²) in [6.07, 6.45) is 2.49. The third kappa shape index (κ3) is 5.87. The molecule has 0 aliphatic carbocycles. The van der Waals surface area contributed by atoms with E-state index in [0.717, 1.165) is 17.7 Å². The van der Waals surface area contributed by atoms with E-state index >= 15 is 0 Å². The number of rotatable bonds is 8. The zero-order valence-corrected chi connectivity index (χ0v) is 14.2. The molecule has 7 nitrogen and oxygen atoms in total. The molecule has 1 aromatic heterocycles. The number of hydrazone groups is 1. The maximum Gasteiger partial charge on any atom is 0.250 e. The SMILES string of the molecule is CCCOc1ccccc1C=NNC(=O)CSc1nnc(N)s1. The summed E-state index contributed by atoms with van der Waals surface area (Å²) in [5.74, 6) is 0.706. The molecule has 9 heteroatoms. The van der Waals surface area contributed by atoms with Crippen LogP contribution in [0.4, 0.5) is 5.13 Å². The van der Waals surface area contributed by atoms with Crippen LogP contribution in [0.3, 0.4) is 0 Å². The van der Waals surface area contributed by atoms with Gasteiger partial charge in [-0.2, -0.15) is 5.10 Å². The first kappa shape index (κ1) is 17.2. The van der Waals surface area contributed by atoms with E-state index in [1.165, 1.54) is 23.1 Å². The zero-order valence-electron chi connectivity index (χ0n) is 12.6. The highest BCUT2D eigenvalue weighted by atomic mass is 32.2. The summed E-state index contributed by atoms with van der Waals surface area (Å²) in [6, 6.07) is 7.52. The minimum atomic E-state index is -0.230. The maximum absolute atomic E-state index is 11.7. The summed E-state index contributed by atoms with van der Waals surface area (Å²) >= 11 is 2.51. The number of anilines is 1. The fourth-order valence-corrected chi connectivity index (χ4v) is 2.97. The number of aromatic nitrogens is 2. The Hall–Kier alpha value is -2.13. The molecule has 2 rings (SSSR count). The van der Waals surface area contributed by atoms with E-state index < -0.39 is 0 Å². The average Bonchev–Trinajstić information content (AvgIpc) is 2.97. The number of benzene rings is 1. The summed E-state index contributed by atoms with van der Waals surface area (Å²) in [5.41, 5.74) is 8.76. The predicted molar refractivity (Wildman–Crippen MR) is 93.0 cm³/mol. The lowest BCUT2D eigenvalue weighted by atomic mass is 10.2. The van der Waals surface area contributed by atoms with Gasteiger partial charge in [0.1, 0.15) is 5.75 Å². The first-order valence-corrected chi connectivity index (χ1v) is 8.74. The molecular formula is C14H17N5O2S2. The number of hydrogen-bond acceptors (Lipinski definition) is 8. The zero-order chi connectivity index (χ0) is 16.5. The number of thioether (sulfide) groups is 1. The number of nitrogen functional groups attached to an aromatic ring is 1. The molecule has 0 aliphatic rings. The van der Waals surface area contributed by atoms with Crippen LogP contribution in [0, 0.1) is 0 Å². The van der Waals surface area contributed by atoms with Gasteiger partial charge in [-0.1, -0.05) is 42.2 Å². The predicted octanol–water partition coefficient (Wildman–Crippen LogP) is 2.15. The van der Waals surface area contributed by atoms with Crippen LogP contribution in [0.25, 0.3) is 0 Å². The van der Waals surface area contributed by atoms with Crippen molar-refractivity contribution in [1.29, 1.82) is 0 Å². The van der Waals surface area contributed by atoms with Gasteiger partial charge in [0.15, 0.2) is 4.34 Å². The molecule has 0 saturated carbocycles. The third-order valence-corrected chi connectivity index (χ3v) is 4.41. The van der Waals surface area contributed by atoms with Crippen molar-refractivity contribution in [3.8, 4) is 5.75 Å². The molecule has 0 fully saturated rings. The number of ether oxygens (including phenoxy) is 1. The smallest absolute Gasteiger partial charge is 0.250 e. The van der Waals surface area contributed by atoms with E-state index in [1.807, 2.05) is 31.2 Å². The molecule has 3 N–H and O–H groups in total. The van der Waals surface area contributed by atoms with Crippen LogP contribution < -0.4 is 15.9 Å². The summed E-state index contributed by atoms with van der Waals surface area (Å²) in [7, 11) is 0. The lowest BCUT2D eigenvalue weighted by Crippen LogP contribution is -2.19. The van der Waals surface area contributed by atoms with Gasteiger partial charge in [-0.15, -0.1) is 10.2 Å². The van der Waals surface area contributed by atoms with Gasteiger partial charge in [-0.3, -0.25) is 4.79 Å². The molecule has 0 unspecified atom stereocenters. The van der Waals surface area contributed by atoms with E-state index in [4.69, 9.17) is 10.5 Å². The Morgan fingerprint density at radius 1 is 1.48 bits per heavy atom. The average molecular weight is 351 g/mol. The minimum Gasteiger partial charge on any atom is -0.493 e. The van der Waals surface area contributed by atoms with Gasteiger partial charge in [0, 0.05) is 5.56 Å². The molecule has 0 spiro atoms. The number of nitrogens with two attached hydrogens (primary N) is 1. The molecule has 2 aromatic rings. The van der Waals surface area contributed by atoms with Crippen molar-refractivity contribution in [2.75, 3.05) is 18.1 Å². The van der Waals surface area contributed by atoms with Crippen LogP contribution in [0.15, 0.2) is 33.7 Å².